The summed E-state index contributed by atoms with van der Waals surface area (Å²) in [6.45, 7) is 3.85. The number of hydrogen-bond donors (Lipinski definition) is 2. The van der Waals surface area contributed by atoms with E-state index >= 15 is 0 Å². The van der Waals surface area contributed by atoms with E-state index in [0.29, 0.717) is 17.2 Å². The molecule has 3 N–H and O–H groups in total. The third-order valence-electron chi connectivity index (χ3n) is 2.49. The van der Waals surface area contributed by atoms with Gasteiger partial charge in [-0.1, -0.05) is 13.8 Å². The molecule has 94 valence electrons. The van der Waals surface area contributed by atoms with Crippen molar-refractivity contribution >= 4 is 11.7 Å². The first-order valence-electron chi connectivity index (χ1n) is 5.42. The van der Waals surface area contributed by atoms with Crippen LogP contribution in [0.2, 0.25) is 0 Å². The molecule has 0 aliphatic rings. The minimum Gasteiger partial charge on any atom is -0.478 e. The Bertz CT molecular complexity index is 591. The minimum atomic E-state index is -1.05. The molecular weight excluding hydrogens is 234 g/mol. The zero-order chi connectivity index (χ0) is 13.3. The lowest BCUT2D eigenvalue weighted by Crippen LogP contribution is -2.11. The van der Waals surface area contributed by atoms with Crippen molar-refractivity contribution in [3.8, 4) is 5.69 Å². The van der Waals surface area contributed by atoms with Gasteiger partial charge < -0.3 is 10.8 Å². The maximum Gasteiger partial charge on any atom is 0.337 e. The second-order valence-corrected chi connectivity index (χ2v) is 4.19. The lowest BCUT2D eigenvalue weighted by atomic mass is 10.1. The van der Waals surface area contributed by atoms with Crippen molar-refractivity contribution in [2.24, 2.45) is 0 Å². The Hall–Kier alpha value is -2.44. The number of aromatic carboxylic acids is 1. The Kier molecular flexibility index (Phi) is 2.97. The quantitative estimate of drug-likeness (QED) is 0.785. The molecule has 0 unspecified atom stereocenters. The summed E-state index contributed by atoms with van der Waals surface area (Å²) in [5, 5.41) is 20.5. The predicted octanol–water partition coefficient (Wildman–Crippen LogP) is 1.07. The molecule has 0 spiro atoms. The highest BCUT2D eigenvalue weighted by atomic mass is 16.4. The van der Waals surface area contributed by atoms with Gasteiger partial charge in [-0.05, 0) is 28.6 Å². The summed E-state index contributed by atoms with van der Waals surface area (Å²) < 4.78 is 1.41. The smallest absolute Gasteiger partial charge is 0.337 e. The monoisotopic (exact) mass is 247 g/mol. The third kappa shape index (κ3) is 2.02. The average Bonchev–Trinajstić information content (AvgIpc) is 2.77. The van der Waals surface area contributed by atoms with Crippen LogP contribution in [0.3, 0.4) is 0 Å². The number of anilines is 1. The molecule has 18 heavy (non-hydrogen) atoms. The minimum absolute atomic E-state index is 0.0723. The van der Waals surface area contributed by atoms with Crippen LogP contribution in [0, 0.1) is 0 Å². The number of aromatic nitrogens is 4. The largest absolute Gasteiger partial charge is 0.478 e. The summed E-state index contributed by atoms with van der Waals surface area (Å²) in [4.78, 5) is 11.2. The summed E-state index contributed by atoms with van der Waals surface area (Å²) >= 11 is 0. The van der Waals surface area contributed by atoms with Crippen LogP contribution >= 0.6 is 0 Å². The average molecular weight is 247 g/mol. The van der Waals surface area contributed by atoms with Gasteiger partial charge in [0.1, 0.15) is 0 Å². The molecule has 1 heterocycles. The van der Waals surface area contributed by atoms with Gasteiger partial charge in [-0.3, -0.25) is 0 Å². The van der Waals surface area contributed by atoms with E-state index in [1.807, 2.05) is 13.8 Å². The molecule has 0 saturated carbocycles. The number of carboxylic acids is 1. The molecule has 1 aromatic heterocycles. The summed E-state index contributed by atoms with van der Waals surface area (Å²) in [7, 11) is 0. The summed E-state index contributed by atoms with van der Waals surface area (Å²) in [5.41, 5.74) is 6.62. The van der Waals surface area contributed by atoms with Crippen molar-refractivity contribution < 1.29 is 9.90 Å². The van der Waals surface area contributed by atoms with Crippen LogP contribution < -0.4 is 5.73 Å². The fourth-order valence-corrected chi connectivity index (χ4v) is 1.63. The van der Waals surface area contributed by atoms with Gasteiger partial charge in [-0.25, -0.2) is 4.79 Å². The molecule has 0 atom stereocenters. The van der Waals surface area contributed by atoms with E-state index < -0.39 is 5.97 Å². The topological polar surface area (TPSA) is 107 Å². The number of hydrogen-bond acceptors (Lipinski definition) is 5. The van der Waals surface area contributed by atoms with Crippen molar-refractivity contribution in [3.05, 3.63) is 29.6 Å². The number of carboxylic acid groups (broad SMARTS) is 1. The summed E-state index contributed by atoms with van der Waals surface area (Å²) in [6, 6.07) is 4.52. The molecule has 7 nitrogen and oxygen atoms in total. The first kappa shape index (κ1) is 12.0. The molecule has 0 amide bonds. The van der Waals surface area contributed by atoms with E-state index in [1.165, 1.54) is 16.8 Å². The fraction of sp³-hybridized carbons (Fsp3) is 0.273. The zero-order valence-corrected chi connectivity index (χ0v) is 10.0. The van der Waals surface area contributed by atoms with Gasteiger partial charge >= 0.3 is 5.97 Å². The predicted molar refractivity (Wildman–Crippen MR) is 64.6 cm³/mol. The van der Waals surface area contributed by atoms with Crippen LogP contribution in [0.1, 0.15) is 35.9 Å². The Balaban J connectivity index is 2.66. The molecule has 0 aliphatic carbocycles. The summed E-state index contributed by atoms with van der Waals surface area (Å²) in [5.74, 6) is -0.388. The maximum atomic E-state index is 11.2. The summed E-state index contributed by atoms with van der Waals surface area (Å²) in [6.07, 6.45) is 0. The van der Waals surface area contributed by atoms with Crippen molar-refractivity contribution in [3.63, 3.8) is 0 Å². The number of nitrogens with two attached hydrogens (primary N) is 1. The normalized spacial score (nSPS) is 10.8. The molecule has 1 aromatic carbocycles. The first-order chi connectivity index (χ1) is 8.50. The first-order valence-corrected chi connectivity index (χ1v) is 5.42. The number of nitrogens with zero attached hydrogens (tertiary/aromatic N) is 4. The molecular formula is C11H13N5O2. The number of tetrazole rings is 1. The highest BCUT2D eigenvalue weighted by Crippen LogP contribution is 2.21. The van der Waals surface area contributed by atoms with Gasteiger partial charge in [0.15, 0.2) is 5.82 Å². The van der Waals surface area contributed by atoms with Gasteiger partial charge in [-0.15, -0.1) is 5.10 Å². The Labute approximate surface area is 103 Å². The van der Waals surface area contributed by atoms with Crippen molar-refractivity contribution in [1.29, 1.82) is 0 Å². The second kappa shape index (κ2) is 4.44. The van der Waals surface area contributed by atoms with Crippen molar-refractivity contribution in [1.82, 2.24) is 20.2 Å². The highest BCUT2D eigenvalue weighted by molar-refractivity contribution is 5.92. The van der Waals surface area contributed by atoms with E-state index in [0.717, 1.165) is 0 Å². The Morgan fingerprint density at radius 3 is 2.78 bits per heavy atom. The van der Waals surface area contributed by atoms with Gasteiger partial charge in [-0.2, -0.15) is 4.68 Å². The SMILES string of the molecule is CC(C)c1nnnn1-c1cc(N)ccc1C(=O)O. The van der Waals surface area contributed by atoms with E-state index in [1.54, 1.807) is 6.07 Å². The van der Waals surface area contributed by atoms with Gasteiger partial charge in [0.05, 0.1) is 11.3 Å². The third-order valence-corrected chi connectivity index (χ3v) is 2.49. The van der Waals surface area contributed by atoms with Crippen LogP contribution in [0.15, 0.2) is 18.2 Å². The Morgan fingerprint density at radius 2 is 2.17 bits per heavy atom. The van der Waals surface area contributed by atoms with E-state index in [2.05, 4.69) is 15.5 Å². The van der Waals surface area contributed by atoms with Gasteiger partial charge in [0.25, 0.3) is 0 Å². The fourth-order valence-electron chi connectivity index (χ4n) is 1.63. The van der Waals surface area contributed by atoms with Crippen LogP contribution in [0.25, 0.3) is 5.69 Å². The van der Waals surface area contributed by atoms with Crippen LogP contribution in [-0.2, 0) is 0 Å². The second-order valence-electron chi connectivity index (χ2n) is 4.19. The molecule has 2 aromatic rings. The van der Waals surface area contributed by atoms with Crippen molar-refractivity contribution in [2.45, 2.75) is 19.8 Å². The Morgan fingerprint density at radius 1 is 1.44 bits per heavy atom. The molecule has 0 saturated heterocycles. The number of rotatable bonds is 3. The molecule has 2 rings (SSSR count). The van der Waals surface area contributed by atoms with E-state index in [4.69, 9.17) is 10.8 Å². The number of carbonyl (C=O) groups is 1. The molecule has 0 radical (unpaired) electrons. The highest BCUT2D eigenvalue weighted by Gasteiger charge is 2.18. The molecule has 0 aliphatic heterocycles. The molecule has 0 fully saturated rings. The maximum absolute atomic E-state index is 11.2. The van der Waals surface area contributed by atoms with Gasteiger partial charge in [0.2, 0.25) is 0 Å². The number of benzene rings is 1. The number of nitrogen functional groups attached to an aromatic ring is 1. The van der Waals surface area contributed by atoms with E-state index in [-0.39, 0.29) is 11.5 Å². The van der Waals surface area contributed by atoms with E-state index in [9.17, 15) is 4.79 Å². The van der Waals surface area contributed by atoms with Crippen LogP contribution in [-0.4, -0.2) is 31.3 Å². The van der Waals surface area contributed by atoms with Crippen molar-refractivity contribution in [2.75, 3.05) is 5.73 Å². The molecule has 0 bridgehead atoms. The standard InChI is InChI=1S/C11H13N5O2/c1-6(2)10-13-14-15-16(10)9-5-7(12)3-4-8(9)11(17)18/h3-6H,12H2,1-2H3,(H,17,18). The lowest BCUT2D eigenvalue weighted by Gasteiger charge is -2.10. The van der Waals surface area contributed by atoms with Gasteiger partial charge in [0, 0.05) is 11.6 Å². The molecule has 7 heteroatoms. The zero-order valence-electron chi connectivity index (χ0n) is 10.0. The van der Waals surface area contributed by atoms with Crippen LogP contribution in [0.4, 0.5) is 5.69 Å². The lowest BCUT2D eigenvalue weighted by molar-refractivity contribution is 0.0696. The van der Waals surface area contributed by atoms with Crippen LogP contribution in [0.5, 0.6) is 0 Å².